The first-order valence-electron chi connectivity index (χ1n) is 6.38. The summed E-state index contributed by atoms with van der Waals surface area (Å²) >= 11 is 7.22. The molecular formula is C15H10ClN5S. The Kier molecular flexibility index (Phi) is 4.09. The molecular weight excluding hydrogens is 318 g/mol. The van der Waals surface area contributed by atoms with Crippen molar-refractivity contribution in [3.8, 4) is 17.5 Å². The molecule has 0 aliphatic heterocycles. The zero-order valence-corrected chi connectivity index (χ0v) is 13.1. The molecule has 0 bridgehead atoms. The first-order chi connectivity index (χ1) is 10.7. The third-order valence-corrected chi connectivity index (χ3v) is 4.27. The van der Waals surface area contributed by atoms with Gasteiger partial charge in [0.2, 0.25) is 0 Å². The highest BCUT2D eigenvalue weighted by atomic mass is 35.5. The van der Waals surface area contributed by atoms with E-state index in [1.807, 2.05) is 48.0 Å². The van der Waals surface area contributed by atoms with Crippen LogP contribution in [-0.4, -0.2) is 19.7 Å². The van der Waals surface area contributed by atoms with E-state index >= 15 is 0 Å². The Morgan fingerprint density at radius 1 is 1.14 bits per heavy atom. The fourth-order valence-corrected chi connectivity index (χ4v) is 2.81. The predicted molar refractivity (Wildman–Crippen MR) is 84.5 cm³/mol. The minimum Gasteiger partial charge on any atom is -0.305 e. The summed E-state index contributed by atoms with van der Waals surface area (Å²) in [6.45, 7) is 0. The lowest BCUT2D eigenvalue weighted by Crippen LogP contribution is -1.95. The molecule has 3 rings (SSSR count). The average Bonchev–Trinajstić information content (AvgIpc) is 2.91. The minimum absolute atomic E-state index is 0.206. The van der Waals surface area contributed by atoms with Crippen LogP contribution >= 0.6 is 23.4 Å². The number of halogens is 1. The number of benzene rings is 1. The van der Waals surface area contributed by atoms with E-state index in [0.717, 1.165) is 11.4 Å². The summed E-state index contributed by atoms with van der Waals surface area (Å²) in [5.41, 5.74) is 1.20. The van der Waals surface area contributed by atoms with Gasteiger partial charge in [0, 0.05) is 12.6 Å². The fourth-order valence-electron chi connectivity index (χ4n) is 1.90. The lowest BCUT2D eigenvalue weighted by atomic mass is 10.2. The molecule has 2 aromatic heterocycles. The molecule has 0 fully saturated rings. The third-order valence-electron chi connectivity index (χ3n) is 2.99. The highest BCUT2D eigenvalue weighted by molar-refractivity contribution is 7.99. The molecule has 0 saturated carbocycles. The molecule has 0 spiro atoms. The van der Waals surface area contributed by atoms with Crippen molar-refractivity contribution in [3.05, 3.63) is 53.2 Å². The van der Waals surface area contributed by atoms with E-state index in [0.29, 0.717) is 15.2 Å². The van der Waals surface area contributed by atoms with Gasteiger partial charge >= 0.3 is 0 Å². The molecule has 5 nitrogen and oxygen atoms in total. The summed E-state index contributed by atoms with van der Waals surface area (Å²) in [4.78, 5) is 4.20. The smallest absolute Gasteiger partial charge is 0.197 e. The van der Waals surface area contributed by atoms with Crippen LogP contribution in [0.4, 0.5) is 0 Å². The Morgan fingerprint density at radius 3 is 2.64 bits per heavy atom. The van der Waals surface area contributed by atoms with Crippen molar-refractivity contribution >= 4 is 23.4 Å². The Balaban J connectivity index is 1.92. The number of hydrogen-bond acceptors (Lipinski definition) is 5. The van der Waals surface area contributed by atoms with Crippen LogP contribution < -0.4 is 0 Å². The van der Waals surface area contributed by atoms with Crippen molar-refractivity contribution in [3.63, 3.8) is 0 Å². The minimum atomic E-state index is 0.206. The molecule has 1 aromatic carbocycles. The second-order valence-electron chi connectivity index (χ2n) is 4.43. The van der Waals surface area contributed by atoms with Crippen molar-refractivity contribution < 1.29 is 0 Å². The van der Waals surface area contributed by atoms with Crippen LogP contribution in [-0.2, 0) is 7.05 Å². The maximum absolute atomic E-state index is 8.98. The largest absolute Gasteiger partial charge is 0.305 e. The van der Waals surface area contributed by atoms with Crippen LogP contribution in [0.25, 0.3) is 11.4 Å². The molecule has 2 heterocycles. The number of nitrogens with zero attached hydrogens (tertiary/aromatic N) is 5. The maximum atomic E-state index is 8.98. The van der Waals surface area contributed by atoms with Gasteiger partial charge in [0.05, 0.1) is 5.02 Å². The zero-order valence-electron chi connectivity index (χ0n) is 11.6. The number of rotatable bonds is 3. The van der Waals surface area contributed by atoms with E-state index in [2.05, 4.69) is 15.2 Å². The second kappa shape index (κ2) is 6.18. The molecule has 0 aliphatic rings. The Hall–Kier alpha value is -2.36. The van der Waals surface area contributed by atoms with Crippen LogP contribution in [0.2, 0.25) is 5.02 Å². The SMILES string of the molecule is Cn1c(Sc2ccc(Cl)c(C#N)n2)nnc1-c1ccccc1. The van der Waals surface area contributed by atoms with E-state index in [1.54, 1.807) is 12.1 Å². The van der Waals surface area contributed by atoms with Gasteiger partial charge in [-0.15, -0.1) is 10.2 Å². The van der Waals surface area contributed by atoms with Crippen LogP contribution in [0.5, 0.6) is 0 Å². The van der Waals surface area contributed by atoms with Crippen molar-refractivity contribution in [2.45, 2.75) is 10.2 Å². The van der Waals surface area contributed by atoms with E-state index < -0.39 is 0 Å². The number of hydrogen-bond donors (Lipinski definition) is 0. The normalized spacial score (nSPS) is 10.4. The Morgan fingerprint density at radius 2 is 1.91 bits per heavy atom. The van der Waals surface area contributed by atoms with Crippen LogP contribution in [0, 0.1) is 11.3 Å². The molecule has 3 aromatic rings. The quantitative estimate of drug-likeness (QED) is 0.736. The summed E-state index contributed by atoms with van der Waals surface area (Å²) in [6.07, 6.45) is 0. The summed E-state index contributed by atoms with van der Waals surface area (Å²) in [6, 6.07) is 15.2. The van der Waals surface area contributed by atoms with Crippen molar-refractivity contribution in [2.75, 3.05) is 0 Å². The summed E-state index contributed by atoms with van der Waals surface area (Å²) in [5.74, 6) is 0.776. The molecule has 0 radical (unpaired) electrons. The van der Waals surface area contributed by atoms with Crippen LogP contribution in [0.3, 0.4) is 0 Å². The van der Waals surface area contributed by atoms with Crippen LogP contribution in [0.15, 0.2) is 52.6 Å². The van der Waals surface area contributed by atoms with Gasteiger partial charge in [0.1, 0.15) is 11.1 Å². The standard InChI is InChI=1S/C15H10ClN5S/c1-21-14(10-5-3-2-4-6-10)19-20-15(21)22-13-8-7-11(16)12(9-17)18-13/h2-8H,1H3. The second-order valence-corrected chi connectivity index (χ2v) is 5.82. The van der Waals surface area contributed by atoms with E-state index in [-0.39, 0.29) is 5.69 Å². The van der Waals surface area contributed by atoms with Gasteiger partial charge < -0.3 is 4.57 Å². The van der Waals surface area contributed by atoms with E-state index in [1.165, 1.54) is 11.8 Å². The number of nitriles is 1. The number of pyridine rings is 1. The van der Waals surface area contributed by atoms with Crippen molar-refractivity contribution in [1.29, 1.82) is 5.26 Å². The Bertz CT molecular complexity index is 854. The van der Waals surface area contributed by atoms with Gasteiger partial charge in [-0.2, -0.15) is 5.26 Å². The zero-order chi connectivity index (χ0) is 15.5. The monoisotopic (exact) mass is 327 g/mol. The molecule has 0 unspecified atom stereocenters. The topological polar surface area (TPSA) is 67.4 Å². The molecule has 22 heavy (non-hydrogen) atoms. The van der Waals surface area contributed by atoms with Crippen molar-refractivity contribution in [2.24, 2.45) is 7.05 Å². The molecule has 0 aliphatic carbocycles. The highest BCUT2D eigenvalue weighted by Gasteiger charge is 2.13. The van der Waals surface area contributed by atoms with Gasteiger partial charge in [-0.3, -0.25) is 0 Å². The van der Waals surface area contributed by atoms with Crippen molar-refractivity contribution in [1.82, 2.24) is 19.7 Å². The van der Waals surface area contributed by atoms with Gasteiger partial charge in [0.25, 0.3) is 0 Å². The number of aromatic nitrogens is 4. The molecule has 0 amide bonds. The lowest BCUT2D eigenvalue weighted by molar-refractivity contribution is 0.792. The van der Waals surface area contributed by atoms with Gasteiger partial charge in [-0.05, 0) is 23.9 Å². The van der Waals surface area contributed by atoms with Gasteiger partial charge in [0.15, 0.2) is 16.7 Å². The fraction of sp³-hybridized carbons (Fsp3) is 0.0667. The van der Waals surface area contributed by atoms with Gasteiger partial charge in [-0.25, -0.2) is 4.98 Å². The molecule has 0 saturated heterocycles. The molecule has 108 valence electrons. The predicted octanol–water partition coefficient (Wildman–Crippen LogP) is 3.55. The maximum Gasteiger partial charge on any atom is 0.197 e. The first kappa shape index (κ1) is 14.6. The van der Waals surface area contributed by atoms with Gasteiger partial charge in [-0.1, -0.05) is 41.9 Å². The summed E-state index contributed by atoms with van der Waals surface area (Å²) in [7, 11) is 1.89. The highest BCUT2D eigenvalue weighted by Crippen LogP contribution is 2.28. The third kappa shape index (κ3) is 2.82. The molecule has 7 heteroatoms. The Labute approximate surface area is 136 Å². The van der Waals surface area contributed by atoms with Crippen LogP contribution in [0.1, 0.15) is 5.69 Å². The van der Waals surface area contributed by atoms with E-state index in [4.69, 9.17) is 16.9 Å². The first-order valence-corrected chi connectivity index (χ1v) is 7.58. The lowest BCUT2D eigenvalue weighted by Gasteiger charge is -2.04. The molecule has 0 N–H and O–H groups in total. The summed E-state index contributed by atoms with van der Waals surface area (Å²) < 4.78 is 1.89. The summed E-state index contributed by atoms with van der Waals surface area (Å²) in [5, 5.41) is 19.1. The average molecular weight is 328 g/mol. The molecule has 0 atom stereocenters. The van der Waals surface area contributed by atoms with E-state index in [9.17, 15) is 0 Å².